The number of aliphatic hydroxyl groups excluding tert-OH is 1. The van der Waals surface area contributed by atoms with Crippen LogP contribution in [0.25, 0.3) is 5.76 Å². The van der Waals surface area contributed by atoms with E-state index in [1.807, 2.05) is 45.0 Å². The van der Waals surface area contributed by atoms with Crippen molar-refractivity contribution in [2.24, 2.45) is 0 Å². The second-order valence-corrected chi connectivity index (χ2v) is 10.3. The number of carbonyl (C=O) groups excluding carboxylic acids is 3. The molecule has 1 saturated heterocycles. The summed E-state index contributed by atoms with van der Waals surface area (Å²) in [7, 11) is 3.86. The third-order valence-electron chi connectivity index (χ3n) is 7.34. The van der Waals surface area contributed by atoms with Gasteiger partial charge in [-0.2, -0.15) is 0 Å². The van der Waals surface area contributed by atoms with Crippen LogP contribution >= 0.6 is 0 Å². The van der Waals surface area contributed by atoms with Gasteiger partial charge in [-0.1, -0.05) is 44.2 Å². The number of unbranched alkanes of at least 4 members (excludes halogenated alkanes) is 1. The van der Waals surface area contributed by atoms with Gasteiger partial charge in [0, 0.05) is 24.2 Å². The predicted molar refractivity (Wildman–Crippen MR) is 152 cm³/mol. The second kappa shape index (κ2) is 11.5. The molecule has 2 amide bonds. The first-order valence-corrected chi connectivity index (χ1v) is 13.4. The molecule has 0 radical (unpaired) electrons. The normalized spacial score (nSPS) is 19.9. The molecule has 2 heterocycles. The molecule has 2 aromatic rings. The molecule has 1 atom stereocenters. The first kappa shape index (κ1) is 28.1. The van der Waals surface area contributed by atoms with E-state index in [1.54, 1.807) is 41.3 Å². The molecule has 0 aromatic heterocycles. The second-order valence-electron chi connectivity index (χ2n) is 10.3. The number of rotatable bonds is 11. The lowest BCUT2D eigenvalue weighted by molar-refractivity contribution is -0.143. The van der Waals surface area contributed by atoms with Crippen molar-refractivity contribution in [2.75, 3.05) is 45.2 Å². The van der Waals surface area contributed by atoms with Crippen molar-refractivity contribution < 1.29 is 24.2 Å². The van der Waals surface area contributed by atoms with Gasteiger partial charge in [-0.25, -0.2) is 0 Å². The van der Waals surface area contributed by atoms with Crippen molar-refractivity contribution in [3.05, 3.63) is 77.4 Å². The van der Waals surface area contributed by atoms with Gasteiger partial charge in [-0.15, -0.1) is 0 Å². The maximum Gasteiger partial charge on any atom is 0.296 e. The summed E-state index contributed by atoms with van der Waals surface area (Å²) in [5, 5.41) is 11.7. The maximum absolute atomic E-state index is 14.5. The summed E-state index contributed by atoms with van der Waals surface area (Å²) < 4.78 is 5.66. The number of ether oxygens (including phenoxy) is 1. The molecular formula is C31H37N3O5. The van der Waals surface area contributed by atoms with Gasteiger partial charge >= 0.3 is 0 Å². The van der Waals surface area contributed by atoms with E-state index in [4.69, 9.17) is 4.74 Å². The topological polar surface area (TPSA) is 90.4 Å². The first-order valence-electron chi connectivity index (χ1n) is 13.4. The van der Waals surface area contributed by atoms with Crippen molar-refractivity contribution in [3.63, 3.8) is 0 Å². The average molecular weight is 532 g/mol. The Morgan fingerprint density at radius 3 is 2.51 bits per heavy atom. The van der Waals surface area contributed by atoms with Crippen LogP contribution in [0.2, 0.25) is 0 Å². The Balaban J connectivity index is 1.94. The largest absolute Gasteiger partial charge is 0.507 e. The van der Waals surface area contributed by atoms with Crippen LogP contribution in [0.5, 0.6) is 5.75 Å². The third kappa shape index (κ3) is 4.74. The molecule has 1 N–H and O–H groups in total. The number of Topliss-reactive ketones (excluding diaryl/α,β-unsaturated/α-hetero) is 1. The Labute approximate surface area is 230 Å². The molecule has 2 aliphatic rings. The van der Waals surface area contributed by atoms with E-state index >= 15 is 0 Å². The Morgan fingerprint density at radius 1 is 1.10 bits per heavy atom. The molecule has 2 aliphatic heterocycles. The number of hydrogen-bond acceptors (Lipinski definition) is 6. The highest BCUT2D eigenvalue weighted by Crippen LogP contribution is 2.53. The zero-order chi connectivity index (χ0) is 28.3. The summed E-state index contributed by atoms with van der Waals surface area (Å²) in [4.78, 5) is 46.9. The van der Waals surface area contributed by atoms with Gasteiger partial charge in [0.25, 0.3) is 17.6 Å². The number of amides is 2. The minimum absolute atomic E-state index is 0.187. The molecule has 1 spiro atoms. The molecule has 8 nitrogen and oxygen atoms in total. The summed E-state index contributed by atoms with van der Waals surface area (Å²) in [5.74, 6) is -1.79. The van der Waals surface area contributed by atoms with E-state index in [1.165, 1.54) is 4.90 Å². The number of benzene rings is 2. The number of para-hydroxylation sites is 1. The molecular weight excluding hydrogens is 494 g/mol. The maximum atomic E-state index is 14.5. The molecule has 0 saturated carbocycles. The number of fused-ring (bicyclic) bond motifs is 2. The number of anilines is 1. The molecule has 39 heavy (non-hydrogen) atoms. The van der Waals surface area contributed by atoms with Crippen molar-refractivity contribution >= 4 is 29.0 Å². The lowest BCUT2D eigenvalue weighted by atomic mass is 9.81. The van der Waals surface area contributed by atoms with Gasteiger partial charge < -0.3 is 24.5 Å². The zero-order valence-electron chi connectivity index (χ0n) is 23.2. The predicted octanol–water partition coefficient (Wildman–Crippen LogP) is 4.23. The number of aryl methyl sites for hydroxylation is 1. The Hall–Kier alpha value is -3.91. The van der Waals surface area contributed by atoms with E-state index in [-0.39, 0.29) is 23.8 Å². The van der Waals surface area contributed by atoms with Crippen LogP contribution in [0, 0.1) is 6.92 Å². The lowest BCUT2D eigenvalue weighted by Gasteiger charge is -2.35. The molecule has 0 aliphatic carbocycles. The van der Waals surface area contributed by atoms with Crippen molar-refractivity contribution in [1.29, 1.82) is 0 Å². The van der Waals surface area contributed by atoms with Gasteiger partial charge in [0.1, 0.15) is 18.1 Å². The van der Waals surface area contributed by atoms with Crippen molar-refractivity contribution in [3.8, 4) is 5.75 Å². The number of hydrogen-bond donors (Lipinski definition) is 1. The Bertz CT molecular complexity index is 1330. The van der Waals surface area contributed by atoms with Crippen LogP contribution in [0.15, 0.2) is 60.7 Å². The van der Waals surface area contributed by atoms with Crippen LogP contribution in [-0.2, 0) is 19.9 Å². The highest BCUT2D eigenvalue weighted by atomic mass is 16.5. The minimum Gasteiger partial charge on any atom is -0.507 e. The number of nitrogens with zero attached hydrogens (tertiary/aromatic N) is 3. The monoisotopic (exact) mass is 531 g/mol. The average Bonchev–Trinajstić information content (AvgIpc) is 3.29. The highest BCUT2D eigenvalue weighted by Gasteiger charge is 2.66. The van der Waals surface area contributed by atoms with E-state index in [0.29, 0.717) is 48.7 Å². The molecule has 8 heteroatoms. The van der Waals surface area contributed by atoms with E-state index < -0.39 is 17.2 Å². The number of ketones is 1. The van der Waals surface area contributed by atoms with Gasteiger partial charge in [-0.05, 0) is 70.2 Å². The summed E-state index contributed by atoms with van der Waals surface area (Å²) in [6.45, 7) is 9.16. The van der Waals surface area contributed by atoms with Crippen molar-refractivity contribution in [1.82, 2.24) is 9.80 Å². The van der Waals surface area contributed by atoms with Crippen LogP contribution in [0.4, 0.5) is 5.69 Å². The van der Waals surface area contributed by atoms with Crippen LogP contribution < -0.4 is 9.64 Å². The zero-order valence-corrected chi connectivity index (χ0v) is 23.2. The minimum atomic E-state index is -1.74. The standard InChI is InChI=1S/C31H37N3O5/c1-6-8-17-33-24-13-10-9-12-23(24)31(30(33)38)26(28(36)29(37)34(31)18-11-16-32(4)5)27(35)22-14-15-25(21(3)20-22)39-19-7-2/h7,9-10,12-15,20,35H,2,6,8,11,16-19H2,1,3-5H3/t31-/m1/s1. The van der Waals surface area contributed by atoms with Gasteiger partial charge in [0.2, 0.25) is 0 Å². The van der Waals surface area contributed by atoms with Gasteiger partial charge in [0.05, 0.1) is 11.3 Å². The van der Waals surface area contributed by atoms with E-state index in [2.05, 4.69) is 6.58 Å². The molecule has 4 rings (SSSR count). The molecule has 0 bridgehead atoms. The fourth-order valence-corrected chi connectivity index (χ4v) is 5.50. The highest BCUT2D eigenvalue weighted by molar-refractivity contribution is 6.50. The number of carbonyl (C=O) groups is 3. The van der Waals surface area contributed by atoms with E-state index in [9.17, 15) is 19.5 Å². The molecule has 2 aromatic carbocycles. The SMILES string of the molecule is C=CCOc1ccc(C(O)=C2C(=O)C(=O)N(CCCN(C)C)[C@@]23C(=O)N(CCCC)c2ccccc23)cc1C. The lowest BCUT2D eigenvalue weighted by Crippen LogP contribution is -2.52. The smallest absolute Gasteiger partial charge is 0.296 e. The van der Waals surface area contributed by atoms with Crippen molar-refractivity contribution in [2.45, 2.75) is 38.6 Å². The fraction of sp³-hybridized carbons (Fsp3) is 0.387. The van der Waals surface area contributed by atoms with E-state index in [0.717, 1.165) is 18.4 Å². The number of likely N-dealkylation sites (tertiary alicyclic amines) is 1. The summed E-state index contributed by atoms with van der Waals surface area (Å²) in [6.07, 6.45) is 3.82. The quantitative estimate of drug-likeness (QED) is 0.202. The molecule has 0 unspecified atom stereocenters. The number of aliphatic hydroxyl groups is 1. The van der Waals surface area contributed by atoms with Crippen LogP contribution in [0.1, 0.15) is 42.9 Å². The summed E-state index contributed by atoms with van der Waals surface area (Å²) in [5.41, 5.74) is 0.346. The van der Waals surface area contributed by atoms with Crippen LogP contribution in [0.3, 0.4) is 0 Å². The third-order valence-corrected chi connectivity index (χ3v) is 7.34. The molecule has 206 valence electrons. The van der Waals surface area contributed by atoms with Gasteiger partial charge in [0.15, 0.2) is 5.54 Å². The molecule has 1 fully saturated rings. The fourth-order valence-electron chi connectivity index (χ4n) is 5.50. The van der Waals surface area contributed by atoms with Crippen LogP contribution in [-0.4, -0.2) is 72.8 Å². The summed E-state index contributed by atoms with van der Waals surface area (Å²) >= 11 is 0. The Morgan fingerprint density at radius 2 is 1.85 bits per heavy atom. The first-order chi connectivity index (χ1) is 18.7. The van der Waals surface area contributed by atoms with Gasteiger partial charge in [-0.3, -0.25) is 14.4 Å². The summed E-state index contributed by atoms with van der Waals surface area (Å²) in [6, 6.07) is 12.3. The Kier molecular flexibility index (Phi) is 8.25.